The first-order valence-electron chi connectivity index (χ1n) is 5.80. The first-order chi connectivity index (χ1) is 8.56. The summed E-state index contributed by atoms with van der Waals surface area (Å²) in [6.07, 6.45) is 1.73. The lowest BCUT2D eigenvalue weighted by Crippen LogP contribution is -2.08. The molecule has 18 heavy (non-hydrogen) atoms. The average molecular weight is 245 g/mol. The van der Waals surface area contributed by atoms with E-state index in [1.165, 1.54) is 12.1 Å². The highest BCUT2D eigenvalue weighted by Crippen LogP contribution is 2.20. The molecule has 1 aromatic carbocycles. The van der Waals surface area contributed by atoms with Crippen molar-refractivity contribution >= 4 is 11.5 Å². The third kappa shape index (κ3) is 2.77. The molecule has 1 heterocycles. The van der Waals surface area contributed by atoms with E-state index in [2.05, 4.69) is 10.3 Å². The van der Waals surface area contributed by atoms with Crippen LogP contribution in [-0.2, 0) is 0 Å². The second-order valence-corrected chi connectivity index (χ2v) is 4.34. The summed E-state index contributed by atoms with van der Waals surface area (Å²) in [5.74, 6) is 0.485. The third-order valence-electron chi connectivity index (χ3n) is 2.88. The van der Waals surface area contributed by atoms with Gasteiger partial charge in [0, 0.05) is 24.0 Å². The van der Waals surface area contributed by atoms with Crippen molar-refractivity contribution in [3.63, 3.8) is 0 Å². The van der Waals surface area contributed by atoms with Crippen LogP contribution < -0.4 is 11.1 Å². The maximum absolute atomic E-state index is 12.8. The smallest absolute Gasteiger partial charge is 0.128 e. The zero-order chi connectivity index (χ0) is 13.1. The number of halogens is 1. The van der Waals surface area contributed by atoms with Crippen LogP contribution in [0.2, 0.25) is 0 Å². The topological polar surface area (TPSA) is 50.9 Å². The zero-order valence-electron chi connectivity index (χ0n) is 10.4. The Kier molecular flexibility index (Phi) is 3.46. The van der Waals surface area contributed by atoms with E-state index in [1.54, 1.807) is 24.4 Å². The summed E-state index contributed by atoms with van der Waals surface area (Å²) in [5, 5.41) is 3.23. The number of benzene rings is 1. The molecule has 0 saturated carbocycles. The molecule has 0 spiro atoms. The zero-order valence-corrected chi connectivity index (χ0v) is 10.4. The Balaban J connectivity index is 2.13. The molecular formula is C14H16FN3. The van der Waals surface area contributed by atoms with Gasteiger partial charge in [-0.05, 0) is 37.1 Å². The Labute approximate surface area is 106 Å². The van der Waals surface area contributed by atoms with Gasteiger partial charge in [0.1, 0.15) is 11.6 Å². The number of hydrogen-bond donors (Lipinski definition) is 2. The van der Waals surface area contributed by atoms with Crippen LogP contribution in [-0.4, -0.2) is 4.98 Å². The van der Waals surface area contributed by atoms with Crippen molar-refractivity contribution in [2.75, 3.05) is 11.1 Å². The predicted molar refractivity (Wildman–Crippen MR) is 71.8 cm³/mol. The van der Waals surface area contributed by atoms with Crippen molar-refractivity contribution in [2.24, 2.45) is 0 Å². The second-order valence-electron chi connectivity index (χ2n) is 4.34. The molecule has 3 nitrogen and oxygen atoms in total. The minimum atomic E-state index is -0.233. The second kappa shape index (κ2) is 5.04. The van der Waals surface area contributed by atoms with Crippen molar-refractivity contribution in [3.8, 4) is 0 Å². The fourth-order valence-electron chi connectivity index (χ4n) is 1.67. The van der Waals surface area contributed by atoms with Crippen LogP contribution in [0.4, 0.5) is 15.9 Å². The number of nitrogens with zero attached hydrogens (tertiary/aromatic N) is 1. The van der Waals surface area contributed by atoms with Gasteiger partial charge in [-0.25, -0.2) is 9.37 Å². The van der Waals surface area contributed by atoms with Crippen LogP contribution in [0, 0.1) is 12.7 Å². The minimum Gasteiger partial charge on any atom is -0.398 e. The summed E-state index contributed by atoms with van der Waals surface area (Å²) in [7, 11) is 0. The number of aryl methyl sites for hydroxylation is 1. The van der Waals surface area contributed by atoms with E-state index in [1.807, 2.05) is 13.8 Å². The van der Waals surface area contributed by atoms with Crippen molar-refractivity contribution in [3.05, 3.63) is 53.5 Å². The molecule has 1 atom stereocenters. The summed E-state index contributed by atoms with van der Waals surface area (Å²) in [6, 6.07) is 8.25. The maximum Gasteiger partial charge on any atom is 0.128 e. The van der Waals surface area contributed by atoms with Gasteiger partial charge in [0.25, 0.3) is 0 Å². The van der Waals surface area contributed by atoms with Gasteiger partial charge in [-0.1, -0.05) is 12.1 Å². The number of nitrogens with one attached hydrogen (secondary N) is 1. The molecule has 4 heteroatoms. The Bertz CT molecular complexity index is 537. The van der Waals surface area contributed by atoms with Gasteiger partial charge in [0.15, 0.2) is 0 Å². The van der Waals surface area contributed by atoms with E-state index in [0.717, 1.165) is 16.9 Å². The van der Waals surface area contributed by atoms with Crippen molar-refractivity contribution in [1.29, 1.82) is 0 Å². The number of anilines is 2. The Morgan fingerprint density at radius 2 is 1.94 bits per heavy atom. The molecular weight excluding hydrogens is 229 g/mol. The first kappa shape index (κ1) is 12.4. The van der Waals surface area contributed by atoms with E-state index in [0.29, 0.717) is 5.69 Å². The number of rotatable bonds is 3. The predicted octanol–water partition coefficient (Wildman–Crippen LogP) is 3.28. The van der Waals surface area contributed by atoms with Crippen LogP contribution in [0.25, 0.3) is 0 Å². The largest absolute Gasteiger partial charge is 0.398 e. The summed E-state index contributed by atoms with van der Waals surface area (Å²) in [5.41, 5.74) is 8.48. The van der Waals surface area contributed by atoms with Gasteiger partial charge in [-0.15, -0.1) is 0 Å². The fraction of sp³-hybridized carbons (Fsp3) is 0.214. The SMILES string of the molecule is Cc1cnc(NC(C)c2ccc(F)cc2)cc1N. The van der Waals surface area contributed by atoms with Crippen molar-refractivity contribution in [2.45, 2.75) is 19.9 Å². The lowest BCUT2D eigenvalue weighted by Gasteiger charge is -2.15. The van der Waals surface area contributed by atoms with Gasteiger partial charge < -0.3 is 11.1 Å². The highest BCUT2D eigenvalue weighted by molar-refractivity contribution is 5.54. The average Bonchev–Trinajstić information content (AvgIpc) is 2.34. The van der Waals surface area contributed by atoms with Crippen LogP contribution in [0.5, 0.6) is 0 Å². The van der Waals surface area contributed by atoms with Gasteiger partial charge in [0.2, 0.25) is 0 Å². The Morgan fingerprint density at radius 1 is 1.28 bits per heavy atom. The molecule has 0 bridgehead atoms. The molecule has 1 unspecified atom stereocenters. The van der Waals surface area contributed by atoms with Crippen LogP contribution in [0.1, 0.15) is 24.1 Å². The minimum absolute atomic E-state index is 0.0419. The van der Waals surface area contributed by atoms with Crippen molar-refractivity contribution in [1.82, 2.24) is 4.98 Å². The number of hydrogen-bond acceptors (Lipinski definition) is 3. The normalized spacial score (nSPS) is 12.2. The molecule has 0 aliphatic rings. The molecule has 0 amide bonds. The Hall–Kier alpha value is -2.10. The standard InChI is InChI=1S/C14H16FN3/c1-9-8-17-14(7-13(9)16)18-10(2)11-3-5-12(15)6-4-11/h3-8,10H,1-2H3,(H3,16,17,18). The van der Waals surface area contributed by atoms with Crippen LogP contribution in [0.15, 0.2) is 36.5 Å². The maximum atomic E-state index is 12.8. The molecule has 0 aliphatic carbocycles. The number of nitrogens with two attached hydrogens (primary N) is 1. The molecule has 0 aliphatic heterocycles. The van der Waals surface area contributed by atoms with Gasteiger partial charge in [0.05, 0.1) is 0 Å². The lowest BCUT2D eigenvalue weighted by atomic mass is 10.1. The lowest BCUT2D eigenvalue weighted by molar-refractivity contribution is 0.626. The van der Waals surface area contributed by atoms with E-state index in [9.17, 15) is 4.39 Å². The van der Waals surface area contributed by atoms with E-state index < -0.39 is 0 Å². The molecule has 2 aromatic rings. The molecule has 94 valence electrons. The molecule has 3 N–H and O–H groups in total. The van der Waals surface area contributed by atoms with Gasteiger partial charge >= 0.3 is 0 Å². The third-order valence-corrected chi connectivity index (χ3v) is 2.88. The van der Waals surface area contributed by atoms with E-state index in [-0.39, 0.29) is 11.9 Å². The quantitative estimate of drug-likeness (QED) is 0.872. The number of aromatic nitrogens is 1. The highest BCUT2D eigenvalue weighted by atomic mass is 19.1. The first-order valence-corrected chi connectivity index (χ1v) is 5.80. The molecule has 2 rings (SSSR count). The van der Waals surface area contributed by atoms with E-state index >= 15 is 0 Å². The van der Waals surface area contributed by atoms with E-state index in [4.69, 9.17) is 5.73 Å². The molecule has 0 saturated heterocycles. The highest BCUT2D eigenvalue weighted by Gasteiger charge is 2.06. The number of nitrogen functional groups attached to an aromatic ring is 1. The summed E-state index contributed by atoms with van der Waals surface area (Å²) < 4.78 is 12.8. The summed E-state index contributed by atoms with van der Waals surface area (Å²) in [6.45, 7) is 3.90. The monoisotopic (exact) mass is 245 g/mol. The van der Waals surface area contributed by atoms with Crippen LogP contribution in [0.3, 0.4) is 0 Å². The molecule has 0 radical (unpaired) electrons. The Morgan fingerprint density at radius 3 is 2.56 bits per heavy atom. The summed E-state index contributed by atoms with van der Waals surface area (Å²) >= 11 is 0. The molecule has 1 aromatic heterocycles. The van der Waals surface area contributed by atoms with Gasteiger partial charge in [-0.3, -0.25) is 0 Å². The summed E-state index contributed by atoms with van der Waals surface area (Å²) in [4.78, 5) is 4.26. The number of pyridine rings is 1. The van der Waals surface area contributed by atoms with Gasteiger partial charge in [-0.2, -0.15) is 0 Å². The van der Waals surface area contributed by atoms with Crippen molar-refractivity contribution < 1.29 is 4.39 Å². The molecule has 0 fully saturated rings. The van der Waals surface area contributed by atoms with Crippen LogP contribution >= 0.6 is 0 Å². The fourth-order valence-corrected chi connectivity index (χ4v) is 1.67.